The number of methoxy groups -OCH3 is 1. The zero-order valence-corrected chi connectivity index (χ0v) is 14.5. The SMILES string of the molecule is CCCCNS(=O)(=O)c1ccc(OC)c(C(=O)N2CCCC2)c1. The number of nitrogens with zero attached hydrogens (tertiary/aromatic N) is 1. The van der Waals surface area contributed by atoms with E-state index in [4.69, 9.17) is 4.74 Å². The van der Waals surface area contributed by atoms with Crippen molar-refractivity contribution in [2.24, 2.45) is 0 Å². The van der Waals surface area contributed by atoms with Crippen LogP contribution in [-0.4, -0.2) is 46.0 Å². The molecule has 6 nitrogen and oxygen atoms in total. The predicted molar refractivity (Wildman–Crippen MR) is 88.2 cm³/mol. The van der Waals surface area contributed by atoms with Crippen molar-refractivity contribution in [1.29, 1.82) is 0 Å². The maximum Gasteiger partial charge on any atom is 0.257 e. The van der Waals surface area contributed by atoms with E-state index in [0.29, 0.717) is 30.9 Å². The lowest BCUT2D eigenvalue weighted by Gasteiger charge is -2.18. The average Bonchev–Trinajstić information content (AvgIpc) is 3.08. The second-order valence-corrected chi connectivity index (χ2v) is 7.38. The lowest BCUT2D eigenvalue weighted by atomic mass is 10.1. The minimum atomic E-state index is -3.61. The third-order valence-electron chi connectivity index (χ3n) is 3.93. The molecule has 1 amide bonds. The van der Waals surface area contributed by atoms with Crippen LogP contribution in [0.4, 0.5) is 0 Å². The highest BCUT2D eigenvalue weighted by atomic mass is 32.2. The van der Waals surface area contributed by atoms with Gasteiger partial charge in [-0.25, -0.2) is 13.1 Å². The Balaban J connectivity index is 2.29. The van der Waals surface area contributed by atoms with Gasteiger partial charge in [-0.1, -0.05) is 13.3 Å². The summed E-state index contributed by atoms with van der Waals surface area (Å²) in [5, 5.41) is 0. The van der Waals surface area contributed by atoms with Gasteiger partial charge in [0, 0.05) is 19.6 Å². The zero-order valence-electron chi connectivity index (χ0n) is 13.7. The number of benzene rings is 1. The van der Waals surface area contributed by atoms with Gasteiger partial charge in [-0.05, 0) is 37.5 Å². The van der Waals surface area contributed by atoms with E-state index < -0.39 is 10.0 Å². The largest absolute Gasteiger partial charge is 0.496 e. The van der Waals surface area contributed by atoms with Gasteiger partial charge in [0.1, 0.15) is 5.75 Å². The van der Waals surface area contributed by atoms with Gasteiger partial charge in [-0.2, -0.15) is 0 Å². The molecule has 0 atom stereocenters. The van der Waals surface area contributed by atoms with E-state index in [1.165, 1.54) is 25.3 Å². The van der Waals surface area contributed by atoms with Crippen molar-refractivity contribution in [2.75, 3.05) is 26.7 Å². The van der Waals surface area contributed by atoms with Gasteiger partial charge in [-0.3, -0.25) is 4.79 Å². The number of unbranched alkanes of at least 4 members (excludes halogenated alkanes) is 1. The van der Waals surface area contributed by atoms with Crippen LogP contribution in [0.15, 0.2) is 23.1 Å². The average molecular weight is 340 g/mol. The van der Waals surface area contributed by atoms with Crippen LogP contribution in [0.3, 0.4) is 0 Å². The van der Waals surface area contributed by atoms with E-state index in [2.05, 4.69) is 4.72 Å². The van der Waals surface area contributed by atoms with Crippen LogP contribution in [0, 0.1) is 0 Å². The molecule has 1 heterocycles. The van der Waals surface area contributed by atoms with E-state index in [0.717, 1.165) is 25.7 Å². The summed E-state index contributed by atoms with van der Waals surface area (Å²) in [5.41, 5.74) is 0.299. The van der Waals surface area contributed by atoms with Crippen molar-refractivity contribution < 1.29 is 17.9 Å². The molecule has 0 radical (unpaired) electrons. The number of hydrogen-bond donors (Lipinski definition) is 1. The first-order chi connectivity index (χ1) is 11.0. The van der Waals surface area contributed by atoms with Crippen LogP contribution in [0.25, 0.3) is 0 Å². The molecule has 128 valence electrons. The smallest absolute Gasteiger partial charge is 0.257 e. The molecule has 0 spiro atoms. The molecule has 1 N–H and O–H groups in total. The van der Waals surface area contributed by atoms with E-state index in [-0.39, 0.29) is 10.8 Å². The molecule has 1 aliphatic heterocycles. The highest BCUT2D eigenvalue weighted by Crippen LogP contribution is 2.25. The second kappa shape index (κ2) is 7.79. The van der Waals surface area contributed by atoms with Crippen LogP contribution in [-0.2, 0) is 10.0 Å². The summed E-state index contributed by atoms with van der Waals surface area (Å²) in [5.74, 6) is 0.222. The van der Waals surface area contributed by atoms with Crippen LogP contribution in [0.5, 0.6) is 5.75 Å². The summed E-state index contributed by atoms with van der Waals surface area (Å²) in [6.45, 7) is 3.79. The summed E-state index contributed by atoms with van der Waals surface area (Å²) in [4.78, 5) is 14.4. The third kappa shape index (κ3) is 4.23. The highest BCUT2D eigenvalue weighted by molar-refractivity contribution is 7.89. The Kier molecular flexibility index (Phi) is 6.01. The summed E-state index contributed by atoms with van der Waals surface area (Å²) >= 11 is 0. The van der Waals surface area contributed by atoms with Crippen molar-refractivity contribution in [2.45, 2.75) is 37.5 Å². The molecule has 0 unspecified atom stereocenters. The fraction of sp³-hybridized carbons (Fsp3) is 0.562. The number of rotatable bonds is 7. The minimum absolute atomic E-state index is 0.0944. The molecule has 1 aromatic rings. The van der Waals surface area contributed by atoms with Gasteiger partial charge in [0.15, 0.2) is 0 Å². The molecule has 0 aliphatic carbocycles. The lowest BCUT2D eigenvalue weighted by molar-refractivity contribution is 0.0789. The first-order valence-corrected chi connectivity index (χ1v) is 9.45. The summed E-state index contributed by atoms with van der Waals surface area (Å²) in [6, 6.07) is 4.42. The molecule has 0 aromatic heterocycles. The summed E-state index contributed by atoms with van der Waals surface area (Å²) in [6.07, 6.45) is 3.63. The molecular formula is C16H24N2O4S. The molecule has 1 fully saturated rings. The number of carbonyl (C=O) groups is 1. The molecule has 2 rings (SSSR count). The molecule has 1 saturated heterocycles. The molecule has 7 heteroatoms. The fourth-order valence-electron chi connectivity index (χ4n) is 2.58. The molecule has 1 aromatic carbocycles. The standard InChI is InChI=1S/C16H24N2O4S/c1-3-4-9-17-23(20,21)13-7-8-15(22-2)14(12-13)16(19)18-10-5-6-11-18/h7-8,12,17H,3-6,9-11H2,1-2H3. The maximum atomic E-state index is 12.6. The van der Waals surface area contributed by atoms with Crippen molar-refractivity contribution >= 4 is 15.9 Å². The highest BCUT2D eigenvalue weighted by Gasteiger charge is 2.25. The van der Waals surface area contributed by atoms with Crippen molar-refractivity contribution in [3.05, 3.63) is 23.8 Å². The molecular weight excluding hydrogens is 316 g/mol. The fourth-order valence-corrected chi connectivity index (χ4v) is 3.68. The van der Waals surface area contributed by atoms with Crippen molar-refractivity contribution in [3.63, 3.8) is 0 Å². The normalized spacial score (nSPS) is 15.0. The Labute approximate surface area is 137 Å². The number of ether oxygens (including phenoxy) is 1. The number of hydrogen-bond acceptors (Lipinski definition) is 4. The van der Waals surface area contributed by atoms with Crippen LogP contribution < -0.4 is 9.46 Å². The van der Waals surface area contributed by atoms with Gasteiger partial charge in [0.2, 0.25) is 10.0 Å². The van der Waals surface area contributed by atoms with E-state index in [1.54, 1.807) is 4.90 Å². The van der Waals surface area contributed by atoms with E-state index >= 15 is 0 Å². The Morgan fingerprint density at radius 3 is 2.61 bits per heavy atom. The third-order valence-corrected chi connectivity index (χ3v) is 5.39. The van der Waals surface area contributed by atoms with Crippen LogP contribution in [0.1, 0.15) is 43.0 Å². The lowest BCUT2D eigenvalue weighted by Crippen LogP contribution is -2.29. The Morgan fingerprint density at radius 2 is 2.00 bits per heavy atom. The van der Waals surface area contributed by atoms with Gasteiger partial charge in [0.25, 0.3) is 5.91 Å². The molecule has 0 saturated carbocycles. The number of nitrogens with one attached hydrogen (secondary N) is 1. The number of carbonyl (C=O) groups excluding carboxylic acids is 1. The monoisotopic (exact) mass is 340 g/mol. The van der Waals surface area contributed by atoms with E-state index in [9.17, 15) is 13.2 Å². The predicted octanol–water partition coefficient (Wildman–Crippen LogP) is 2.01. The summed E-state index contributed by atoms with van der Waals surface area (Å²) in [7, 11) is -2.14. The Hall–Kier alpha value is -1.60. The summed E-state index contributed by atoms with van der Waals surface area (Å²) < 4.78 is 32.4. The zero-order chi connectivity index (χ0) is 16.9. The quantitative estimate of drug-likeness (QED) is 0.771. The molecule has 0 bridgehead atoms. The molecule has 23 heavy (non-hydrogen) atoms. The van der Waals surface area contributed by atoms with Gasteiger partial charge in [0.05, 0.1) is 17.6 Å². The minimum Gasteiger partial charge on any atom is -0.496 e. The van der Waals surface area contributed by atoms with Crippen LogP contribution >= 0.6 is 0 Å². The Bertz CT molecular complexity index is 652. The number of likely N-dealkylation sites (tertiary alicyclic amines) is 1. The second-order valence-electron chi connectivity index (χ2n) is 5.61. The molecule has 1 aliphatic rings. The number of sulfonamides is 1. The first-order valence-electron chi connectivity index (χ1n) is 7.96. The van der Waals surface area contributed by atoms with Gasteiger partial charge < -0.3 is 9.64 Å². The van der Waals surface area contributed by atoms with Crippen LogP contribution in [0.2, 0.25) is 0 Å². The Morgan fingerprint density at radius 1 is 1.30 bits per heavy atom. The first kappa shape index (κ1) is 17.7. The van der Waals surface area contributed by atoms with Gasteiger partial charge in [-0.15, -0.1) is 0 Å². The van der Waals surface area contributed by atoms with Crippen molar-refractivity contribution in [1.82, 2.24) is 9.62 Å². The van der Waals surface area contributed by atoms with Crippen molar-refractivity contribution in [3.8, 4) is 5.75 Å². The topological polar surface area (TPSA) is 75.7 Å². The van der Waals surface area contributed by atoms with Gasteiger partial charge >= 0.3 is 0 Å². The van der Waals surface area contributed by atoms with E-state index in [1.807, 2.05) is 6.92 Å². The number of amides is 1. The maximum absolute atomic E-state index is 12.6.